The van der Waals surface area contributed by atoms with Crippen molar-refractivity contribution >= 4 is 41.9 Å². The molecule has 0 spiro atoms. The van der Waals surface area contributed by atoms with E-state index in [9.17, 15) is 9.59 Å². The summed E-state index contributed by atoms with van der Waals surface area (Å²) in [4.78, 5) is 33.2. The third-order valence-electron chi connectivity index (χ3n) is 3.53. The van der Waals surface area contributed by atoms with E-state index in [1.54, 1.807) is 30.8 Å². The minimum absolute atomic E-state index is 0. The van der Waals surface area contributed by atoms with Crippen LogP contribution in [0.3, 0.4) is 0 Å². The Kier molecular flexibility index (Phi) is 11.5. The normalized spacial score (nSPS) is 14.8. The smallest absolute Gasteiger partial charge is 0.409 e. The van der Waals surface area contributed by atoms with Gasteiger partial charge in [0, 0.05) is 53.2 Å². The molecule has 0 aromatic heterocycles. The number of carbonyl (C=O) groups excluding carboxylic acids is 2. The maximum Gasteiger partial charge on any atom is 0.409 e. The molecule has 0 aromatic carbocycles. The Morgan fingerprint density at radius 3 is 2.21 bits per heavy atom. The number of nitrogens with one attached hydrogen (secondary N) is 1. The highest BCUT2D eigenvalue weighted by atomic mass is 127. The lowest BCUT2D eigenvalue weighted by Gasteiger charge is -2.35. The van der Waals surface area contributed by atoms with Crippen molar-refractivity contribution in [2.45, 2.75) is 20.3 Å². The number of halogens is 1. The van der Waals surface area contributed by atoms with E-state index in [4.69, 9.17) is 4.74 Å². The molecule has 0 atom stereocenters. The molecule has 9 heteroatoms. The molecule has 1 aliphatic rings. The first-order valence-electron chi connectivity index (χ1n) is 8.14. The zero-order valence-electron chi connectivity index (χ0n) is 15.1. The van der Waals surface area contributed by atoms with Gasteiger partial charge in [-0.3, -0.25) is 9.79 Å². The van der Waals surface area contributed by atoms with Crippen molar-refractivity contribution in [3.63, 3.8) is 0 Å². The Morgan fingerprint density at radius 1 is 1.12 bits per heavy atom. The molecule has 1 fully saturated rings. The van der Waals surface area contributed by atoms with E-state index in [1.165, 1.54) is 0 Å². The van der Waals surface area contributed by atoms with Gasteiger partial charge in [-0.25, -0.2) is 4.79 Å². The van der Waals surface area contributed by atoms with Crippen LogP contribution in [-0.2, 0) is 9.53 Å². The van der Waals surface area contributed by atoms with E-state index >= 15 is 0 Å². The van der Waals surface area contributed by atoms with E-state index in [2.05, 4.69) is 15.2 Å². The van der Waals surface area contributed by atoms with Gasteiger partial charge in [-0.15, -0.1) is 24.0 Å². The minimum Gasteiger partial charge on any atom is -0.450 e. The number of nitrogens with zero attached hydrogens (tertiary/aromatic N) is 4. The number of ether oxygens (including phenoxy) is 1. The average Bonchev–Trinajstić information content (AvgIpc) is 2.54. The summed E-state index contributed by atoms with van der Waals surface area (Å²) in [6, 6.07) is 0. The van der Waals surface area contributed by atoms with Gasteiger partial charge in [0.25, 0.3) is 0 Å². The predicted molar refractivity (Wildman–Crippen MR) is 105 cm³/mol. The SMILES string of the molecule is CCNC(=NCCC(=O)N(C)C)N1CCN(C(=O)OCC)CC1.I. The molecule has 2 amide bonds. The number of carbonyl (C=O) groups is 2. The fourth-order valence-corrected chi connectivity index (χ4v) is 2.22. The van der Waals surface area contributed by atoms with Gasteiger partial charge in [0.2, 0.25) is 5.91 Å². The Bertz CT molecular complexity index is 423. The van der Waals surface area contributed by atoms with Gasteiger partial charge in [0.05, 0.1) is 13.2 Å². The molecule has 140 valence electrons. The Hall–Kier alpha value is -1.26. The standard InChI is InChI=1S/C15H29N5O3.HI/c1-5-16-14(17-8-7-13(21)18(3)4)19-9-11-20(12-10-19)15(22)23-6-2;/h5-12H2,1-4H3,(H,16,17);1H. The lowest BCUT2D eigenvalue weighted by molar-refractivity contribution is -0.128. The number of rotatable bonds is 5. The van der Waals surface area contributed by atoms with Gasteiger partial charge >= 0.3 is 6.09 Å². The Morgan fingerprint density at radius 2 is 1.71 bits per heavy atom. The van der Waals surface area contributed by atoms with Gasteiger partial charge in [0.1, 0.15) is 0 Å². The zero-order chi connectivity index (χ0) is 17.2. The second-order valence-electron chi connectivity index (χ2n) is 5.45. The van der Waals surface area contributed by atoms with Crippen LogP contribution in [0.4, 0.5) is 4.79 Å². The second kappa shape index (κ2) is 12.2. The number of guanidine groups is 1. The van der Waals surface area contributed by atoms with E-state index in [-0.39, 0.29) is 36.0 Å². The highest BCUT2D eigenvalue weighted by Crippen LogP contribution is 2.04. The average molecular weight is 455 g/mol. The fourth-order valence-electron chi connectivity index (χ4n) is 2.22. The van der Waals surface area contributed by atoms with Crippen molar-refractivity contribution in [1.29, 1.82) is 0 Å². The fraction of sp³-hybridized carbons (Fsp3) is 0.800. The summed E-state index contributed by atoms with van der Waals surface area (Å²) in [6.45, 7) is 8.05. The first kappa shape index (κ1) is 22.7. The molecule has 0 radical (unpaired) electrons. The summed E-state index contributed by atoms with van der Waals surface area (Å²) in [5, 5.41) is 3.24. The first-order chi connectivity index (χ1) is 11.0. The highest BCUT2D eigenvalue weighted by molar-refractivity contribution is 14.0. The first-order valence-corrected chi connectivity index (χ1v) is 8.14. The largest absolute Gasteiger partial charge is 0.450 e. The maximum absolute atomic E-state index is 11.7. The maximum atomic E-state index is 11.7. The van der Waals surface area contributed by atoms with Crippen molar-refractivity contribution < 1.29 is 14.3 Å². The predicted octanol–water partition coefficient (Wildman–Crippen LogP) is 0.822. The van der Waals surface area contributed by atoms with Crippen molar-refractivity contribution in [3.05, 3.63) is 0 Å². The van der Waals surface area contributed by atoms with Crippen LogP contribution in [0.1, 0.15) is 20.3 Å². The molecule has 1 saturated heterocycles. The van der Waals surface area contributed by atoms with Crippen molar-refractivity contribution in [2.24, 2.45) is 4.99 Å². The molecule has 24 heavy (non-hydrogen) atoms. The van der Waals surface area contributed by atoms with Crippen LogP contribution in [0.5, 0.6) is 0 Å². The molecule has 0 aliphatic carbocycles. The monoisotopic (exact) mass is 455 g/mol. The van der Waals surface area contributed by atoms with Gasteiger partial charge in [-0.05, 0) is 13.8 Å². The third-order valence-corrected chi connectivity index (χ3v) is 3.53. The highest BCUT2D eigenvalue weighted by Gasteiger charge is 2.23. The summed E-state index contributed by atoms with van der Waals surface area (Å²) in [5.41, 5.74) is 0. The summed E-state index contributed by atoms with van der Waals surface area (Å²) in [7, 11) is 3.48. The molecule has 1 heterocycles. The number of hydrogen-bond donors (Lipinski definition) is 1. The molecule has 1 rings (SSSR count). The number of amides is 2. The van der Waals surface area contributed by atoms with Crippen molar-refractivity contribution in [2.75, 3.05) is 60.0 Å². The minimum atomic E-state index is -0.259. The molecule has 0 unspecified atom stereocenters. The lowest BCUT2D eigenvalue weighted by Crippen LogP contribution is -2.54. The van der Waals surface area contributed by atoms with E-state index in [0.29, 0.717) is 45.8 Å². The van der Waals surface area contributed by atoms with E-state index < -0.39 is 0 Å². The zero-order valence-corrected chi connectivity index (χ0v) is 17.4. The summed E-state index contributed by atoms with van der Waals surface area (Å²) < 4.78 is 5.02. The molecular weight excluding hydrogens is 425 g/mol. The number of piperazine rings is 1. The van der Waals surface area contributed by atoms with Gasteiger partial charge in [-0.2, -0.15) is 0 Å². The summed E-state index contributed by atoms with van der Waals surface area (Å²) >= 11 is 0. The molecule has 0 saturated carbocycles. The molecule has 0 aromatic rings. The van der Waals surface area contributed by atoms with Crippen molar-refractivity contribution in [1.82, 2.24) is 20.0 Å². The Labute approximate surface area is 161 Å². The third kappa shape index (κ3) is 7.54. The van der Waals surface area contributed by atoms with Gasteiger partial charge in [0.15, 0.2) is 5.96 Å². The van der Waals surface area contributed by atoms with Crippen molar-refractivity contribution in [3.8, 4) is 0 Å². The number of aliphatic imine (C=N–C) groups is 1. The van der Waals surface area contributed by atoms with Gasteiger partial charge in [-0.1, -0.05) is 0 Å². The molecular formula is C15H30IN5O3. The molecule has 8 nitrogen and oxygen atoms in total. The summed E-state index contributed by atoms with van der Waals surface area (Å²) in [6.07, 6.45) is 0.135. The molecule has 0 bridgehead atoms. The molecule has 1 aliphatic heterocycles. The summed E-state index contributed by atoms with van der Waals surface area (Å²) in [5.74, 6) is 0.860. The molecule has 1 N–H and O–H groups in total. The van der Waals surface area contributed by atoms with Crippen LogP contribution in [0.2, 0.25) is 0 Å². The van der Waals surface area contributed by atoms with Crippen LogP contribution < -0.4 is 5.32 Å². The number of hydrogen-bond acceptors (Lipinski definition) is 4. The lowest BCUT2D eigenvalue weighted by atomic mass is 10.3. The Balaban J connectivity index is 0.00000529. The van der Waals surface area contributed by atoms with E-state index in [0.717, 1.165) is 12.5 Å². The van der Waals surface area contributed by atoms with Crippen LogP contribution in [0, 0.1) is 0 Å². The van der Waals surface area contributed by atoms with Crippen LogP contribution in [-0.4, -0.2) is 92.6 Å². The van der Waals surface area contributed by atoms with E-state index in [1.807, 2.05) is 6.92 Å². The quantitative estimate of drug-likeness (QED) is 0.378. The second-order valence-corrected chi connectivity index (χ2v) is 5.45. The van der Waals surface area contributed by atoms with Gasteiger partial charge < -0.3 is 24.8 Å². The van der Waals surface area contributed by atoms with Crippen LogP contribution in [0.25, 0.3) is 0 Å². The van der Waals surface area contributed by atoms with Crippen LogP contribution in [0.15, 0.2) is 4.99 Å². The topological polar surface area (TPSA) is 77.5 Å². The van der Waals surface area contributed by atoms with Crippen LogP contribution >= 0.6 is 24.0 Å².